The first-order valence-corrected chi connectivity index (χ1v) is 12.5. The van der Waals surface area contributed by atoms with Gasteiger partial charge in [-0.2, -0.15) is 0 Å². The van der Waals surface area contributed by atoms with Crippen LogP contribution in [0.5, 0.6) is 5.75 Å². The quantitative estimate of drug-likeness (QED) is 0.324. The zero-order chi connectivity index (χ0) is 23.2. The number of carbonyl (C=O) groups excluding carboxylic acids is 1. The van der Waals surface area contributed by atoms with Gasteiger partial charge in [-0.25, -0.2) is 4.39 Å². The molecule has 2 heterocycles. The van der Waals surface area contributed by atoms with Gasteiger partial charge in [-0.05, 0) is 30.7 Å². The van der Waals surface area contributed by atoms with Gasteiger partial charge in [-0.3, -0.25) is 9.36 Å². The lowest BCUT2D eigenvalue weighted by molar-refractivity contribution is -0.116. The number of nitrogens with zero attached hydrogens (tertiary/aromatic N) is 4. The van der Waals surface area contributed by atoms with Crippen LogP contribution in [0, 0.1) is 5.82 Å². The molecular formula is C24H25FN4O2S2. The molecule has 2 aromatic carbocycles. The molecule has 1 aliphatic rings. The topological polar surface area (TPSA) is 60.2 Å². The highest BCUT2D eigenvalue weighted by Crippen LogP contribution is 2.37. The summed E-state index contributed by atoms with van der Waals surface area (Å²) >= 11 is 3.14. The van der Waals surface area contributed by atoms with Crippen molar-refractivity contribution in [2.24, 2.45) is 0 Å². The number of aromatic nitrogens is 3. The maximum atomic E-state index is 13.9. The van der Waals surface area contributed by atoms with Gasteiger partial charge in [-0.1, -0.05) is 49.0 Å². The summed E-state index contributed by atoms with van der Waals surface area (Å²) in [6.07, 6.45) is 2.66. The Morgan fingerprint density at radius 3 is 2.88 bits per heavy atom. The number of para-hydroxylation sites is 2. The number of amides is 1. The molecule has 1 atom stereocenters. The molecule has 1 amide bonds. The van der Waals surface area contributed by atoms with E-state index in [0.29, 0.717) is 29.3 Å². The van der Waals surface area contributed by atoms with Gasteiger partial charge in [0, 0.05) is 23.2 Å². The maximum Gasteiger partial charge on any atom is 0.237 e. The average Bonchev–Trinajstić information content (AvgIpc) is 3.10. The van der Waals surface area contributed by atoms with Crippen LogP contribution >= 0.6 is 23.5 Å². The summed E-state index contributed by atoms with van der Waals surface area (Å²) in [5, 5.41) is 9.49. The van der Waals surface area contributed by atoms with Crippen molar-refractivity contribution < 1.29 is 13.9 Å². The number of ether oxygens (including phenoxy) is 1. The van der Waals surface area contributed by atoms with Crippen molar-refractivity contribution in [1.82, 2.24) is 14.8 Å². The number of rotatable bonds is 8. The molecule has 0 saturated heterocycles. The Morgan fingerprint density at radius 2 is 2.06 bits per heavy atom. The lowest BCUT2D eigenvalue weighted by Crippen LogP contribution is -2.33. The van der Waals surface area contributed by atoms with Crippen LogP contribution in [0.3, 0.4) is 0 Å². The van der Waals surface area contributed by atoms with Crippen molar-refractivity contribution in [2.45, 2.75) is 41.8 Å². The largest absolute Gasteiger partial charge is 0.483 e. The highest BCUT2D eigenvalue weighted by molar-refractivity contribution is 8.00. The molecule has 6 nitrogen and oxygen atoms in total. The fraction of sp³-hybridized carbons (Fsp3) is 0.292. The minimum atomic E-state index is -0.433. The lowest BCUT2D eigenvalue weighted by atomic mass is 10.2. The van der Waals surface area contributed by atoms with Crippen LogP contribution in [-0.2, 0) is 17.9 Å². The molecule has 0 aliphatic carbocycles. The summed E-state index contributed by atoms with van der Waals surface area (Å²) in [5.41, 5.74) is 0.962. The number of hydrogen-bond acceptors (Lipinski definition) is 6. The summed E-state index contributed by atoms with van der Waals surface area (Å²) in [6, 6.07) is 14.3. The highest BCUT2D eigenvalue weighted by atomic mass is 32.2. The Hall–Kier alpha value is -2.78. The predicted octanol–water partition coefficient (Wildman–Crippen LogP) is 5.19. The normalized spacial score (nSPS) is 15.6. The molecule has 0 spiro atoms. The number of benzene rings is 2. The molecule has 4 rings (SSSR count). The Labute approximate surface area is 201 Å². The number of halogens is 1. The van der Waals surface area contributed by atoms with Gasteiger partial charge in [0.25, 0.3) is 0 Å². The molecule has 9 heteroatoms. The molecule has 172 valence electrons. The molecule has 0 N–H and O–H groups in total. The zero-order valence-electron chi connectivity index (χ0n) is 18.3. The molecule has 0 bridgehead atoms. The standard InChI is InChI=1S/C24H25FN4O2S2/c1-3-13-29-22(15-31-20-10-6-4-8-18(20)25)26-27-24(29)32-16-23(30)28-14-12-17(2)33-21-11-7-5-9-19(21)28/h3-11,17H,1,12-16H2,2H3. The minimum Gasteiger partial charge on any atom is -0.483 e. The van der Waals surface area contributed by atoms with Gasteiger partial charge in [0.1, 0.15) is 6.61 Å². The van der Waals surface area contributed by atoms with Crippen LogP contribution in [0.4, 0.5) is 10.1 Å². The van der Waals surface area contributed by atoms with E-state index in [4.69, 9.17) is 4.74 Å². The van der Waals surface area contributed by atoms with E-state index >= 15 is 0 Å². The van der Waals surface area contributed by atoms with Crippen LogP contribution in [0.1, 0.15) is 19.2 Å². The third kappa shape index (κ3) is 5.59. The summed E-state index contributed by atoms with van der Waals surface area (Å²) in [4.78, 5) is 16.2. The van der Waals surface area contributed by atoms with Gasteiger partial charge in [-0.15, -0.1) is 28.5 Å². The summed E-state index contributed by atoms with van der Waals surface area (Å²) in [6.45, 7) is 7.19. The number of carbonyl (C=O) groups is 1. The molecule has 1 aliphatic heterocycles. The molecule has 33 heavy (non-hydrogen) atoms. The smallest absolute Gasteiger partial charge is 0.237 e. The average molecular weight is 485 g/mol. The fourth-order valence-corrected chi connectivity index (χ4v) is 5.45. The first-order valence-electron chi connectivity index (χ1n) is 10.7. The van der Waals surface area contributed by atoms with Gasteiger partial charge < -0.3 is 9.64 Å². The number of thioether (sulfide) groups is 2. The Kier molecular flexibility index (Phi) is 7.72. The maximum absolute atomic E-state index is 13.9. The van der Waals surface area contributed by atoms with Crippen LogP contribution in [0.15, 0.2) is 71.2 Å². The minimum absolute atomic E-state index is 0.0273. The van der Waals surface area contributed by atoms with Gasteiger partial charge >= 0.3 is 0 Å². The molecule has 0 fully saturated rings. The molecule has 1 aromatic heterocycles. The molecule has 0 saturated carbocycles. The van der Waals surface area contributed by atoms with Gasteiger partial charge in [0.2, 0.25) is 5.91 Å². The Morgan fingerprint density at radius 1 is 1.27 bits per heavy atom. The van der Waals surface area contributed by atoms with Crippen LogP contribution in [0.25, 0.3) is 0 Å². The molecule has 0 radical (unpaired) electrons. The van der Waals surface area contributed by atoms with Crippen LogP contribution < -0.4 is 9.64 Å². The van der Waals surface area contributed by atoms with E-state index in [1.54, 1.807) is 36.0 Å². The van der Waals surface area contributed by atoms with E-state index in [-0.39, 0.29) is 24.0 Å². The predicted molar refractivity (Wildman–Crippen MR) is 130 cm³/mol. The van der Waals surface area contributed by atoms with Crippen molar-refractivity contribution in [1.29, 1.82) is 0 Å². The lowest BCUT2D eigenvalue weighted by Gasteiger charge is -2.22. The van der Waals surface area contributed by atoms with E-state index in [9.17, 15) is 9.18 Å². The van der Waals surface area contributed by atoms with E-state index in [0.717, 1.165) is 17.0 Å². The van der Waals surface area contributed by atoms with Crippen molar-refractivity contribution in [3.63, 3.8) is 0 Å². The van der Waals surface area contributed by atoms with Crippen LogP contribution in [-0.4, -0.2) is 38.2 Å². The van der Waals surface area contributed by atoms with Crippen molar-refractivity contribution in [3.05, 3.63) is 72.8 Å². The van der Waals surface area contributed by atoms with E-state index in [1.807, 2.05) is 27.7 Å². The number of hydrogen-bond donors (Lipinski definition) is 0. The first-order chi connectivity index (χ1) is 16.1. The second-order valence-corrected chi connectivity index (χ2v) is 9.96. The van der Waals surface area contributed by atoms with E-state index < -0.39 is 5.82 Å². The van der Waals surface area contributed by atoms with Crippen molar-refractivity contribution in [3.8, 4) is 5.75 Å². The molecular weight excluding hydrogens is 459 g/mol. The SMILES string of the molecule is C=CCn1c(COc2ccccc2F)nnc1SCC(=O)N1CCC(C)Sc2ccccc21. The van der Waals surface area contributed by atoms with Gasteiger partial charge in [0.15, 0.2) is 22.5 Å². The third-order valence-corrected chi connectivity index (χ3v) is 7.36. The number of allylic oxidation sites excluding steroid dienone is 1. The fourth-order valence-electron chi connectivity index (χ4n) is 3.50. The second kappa shape index (κ2) is 10.9. The summed E-state index contributed by atoms with van der Waals surface area (Å²) in [7, 11) is 0. The Balaban J connectivity index is 1.45. The number of anilines is 1. The second-order valence-electron chi connectivity index (χ2n) is 7.54. The van der Waals surface area contributed by atoms with Crippen molar-refractivity contribution in [2.75, 3.05) is 17.2 Å². The third-order valence-electron chi connectivity index (χ3n) is 5.17. The van der Waals surface area contributed by atoms with E-state index in [2.05, 4.69) is 29.8 Å². The zero-order valence-corrected chi connectivity index (χ0v) is 19.9. The van der Waals surface area contributed by atoms with Crippen molar-refractivity contribution >= 4 is 35.1 Å². The monoisotopic (exact) mass is 484 g/mol. The number of fused-ring (bicyclic) bond motifs is 1. The molecule has 3 aromatic rings. The Bertz CT molecular complexity index is 1140. The highest BCUT2D eigenvalue weighted by Gasteiger charge is 2.25. The van der Waals surface area contributed by atoms with E-state index in [1.165, 1.54) is 17.8 Å². The summed E-state index contributed by atoms with van der Waals surface area (Å²) < 4.78 is 21.3. The first kappa shape index (κ1) is 23.4. The van der Waals surface area contributed by atoms with Crippen LogP contribution in [0.2, 0.25) is 0 Å². The molecule has 1 unspecified atom stereocenters. The summed E-state index contributed by atoms with van der Waals surface area (Å²) in [5.74, 6) is 0.522. The van der Waals surface area contributed by atoms with Gasteiger partial charge in [0.05, 0.1) is 11.4 Å².